The molecule has 126 valence electrons. The van der Waals surface area contributed by atoms with Crippen molar-refractivity contribution in [1.29, 1.82) is 0 Å². The maximum Gasteiger partial charge on any atom is 0.406 e. The van der Waals surface area contributed by atoms with Gasteiger partial charge in [0.15, 0.2) is 0 Å². The van der Waals surface area contributed by atoms with E-state index in [-0.39, 0.29) is 6.04 Å². The van der Waals surface area contributed by atoms with Crippen LogP contribution in [0.1, 0.15) is 43.3 Å². The lowest BCUT2D eigenvalue weighted by molar-refractivity contribution is -0.141. The van der Waals surface area contributed by atoms with Crippen molar-refractivity contribution in [2.75, 3.05) is 6.54 Å². The molecular weight excluding hydrogens is 307 g/mol. The van der Waals surface area contributed by atoms with Crippen LogP contribution in [-0.2, 0) is 13.1 Å². The molecule has 2 aromatic rings. The van der Waals surface area contributed by atoms with Crippen LogP contribution >= 0.6 is 0 Å². The SMILES string of the molecule is FC(F)(F)Cn1ccnc1CN1CCCCCC1c1ccco1. The van der Waals surface area contributed by atoms with Crippen molar-refractivity contribution in [1.82, 2.24) is 14.5 Å². The van der Waals surface area contributed by atoms with E-state index >= 15 is 0 Å². The van der Waals surface area contributed by atoms with Crippen LogP contribution in [0.5, 0.6) is 0 Å². The summed E-state index contributed by atoms with van der Waals surface area (Å²) in [5, 5.41) is 0. The molecule has 1 aliphatic rings. The second-order valence-corrected chi connectivity index (χ2v) is 5.94. The van der Waals surface area contributed by atoms with E-state index in [1.807, 2.05) is 12.1 Å². The number of hydrogen-bond acceptors (Lipinski definition) is 3. The molecule has 0 aromatic carbocycles. The molecule has 2 aromatic heterocycles. The maximum atomic E-state index is 12.7. The summed E-state index contributed by atoms with van der Waals surface area (Å²) in [6.45, 7) is 0.236. The third-order valence-electron chi connectivity index (χ3n) is 4.23. The molecule has 0 saturated carbocycles. The molecule has 1 aliphatic heterocycles. The van der Waals surface area contributed by atoms with Gasteiger partial charge < -0.3 is 8.98 Å². The molecule has 0 N–H and O–H groups in total. The smallest absolute Gasteiger partial charge is 0.406 e. The van der Waals surface area contributed by atoms with E-state index in [4.69, 9.17) is 4.42 Å². The third-order valence-corrected chi connectivity index (χ3v) is 4.23. The minimum atomic E-state index is -4.24. The molecule has 1 unspecified atom stereocenters. The van der Waals surface area contributed by atoms with Gasteiger partial charge in [-0.05, 0) is 31.5 Å². The van der Waals surface area contributed by atoms with Gasteiger partial charge >= 0.3 is 6.18 Å². The van der Waals surface area contributed by atoms with Crippen LogP contribution < -0.4 is 0 Å². The first-order chi connectivity index (χ1) is 11.0. The van der Waals surface area contributed by atoms with Crippen LogP contribution in [0.25, 0.3) is 0 Å². The highest BCUT2D eigenvalue weighted by Gasteiger charge is 2.30. The van der Waals surface area contributed by atoms with Crippen molar-refractivity contribution in [3.63, 3.8) is 0 Å². The summed E-state index contributed by atoms with van der Waals surface area (Å²) in [5.41, 5.74) is 0. The van der Waals surface area contributed by atoms with Gasteiger partial charge in [0.05, 0.1) is 18.8 Å². The molecular formula is C16H20F3N3O. The highest BCUT2D eigenvalue weighted by Crippen LogP contribution is 2.31. The van der Waals surface area contributed by atoms with Crippen molar-refractivity contribution in [2.24, 2.45) is 0 Å². The van der Waals surface area contributed by atoms with E-state index in [0.29, 0.717) is 12.4 Å². The fourth-order valence-electron chi connectivity index (χ4n) is 3.17. The van der Waals surface area contributed by atoms with E-state index in [9.17, 15) is 13.2 Å². The summed E-state index contributed by atoms with van der Waals surface area (Å²) in [4.78, 5) is 6.31. The fourth-order valence-corrected chi connectivity index (χ4v) is 3.17. The molecule has 23 heavy (non-hydrogen) atoms. The topological polar surface area (TPSA) is 34.2 Å². The fraction of sp³-hybridized carbons (Fsp3) is 0.562. The molecule has 4 nitrogen and oxygen atoms in total. The van der Waals surface area contributed by atoms with Crippen molar-refractivity contribution < 1.29 is 17.6 Å². The van der Waals surface area contributed by atoms with Crippen molar-refractivity contribution in [2.45, 2.75) is 51.0 Å². The van der Waals surface area contributed by atoms with E-state index in [1.165, 1.54) is 17.0 Å². The first kappa shape index (κ1) is 16.1. The Labute approximate surface area is 132 Å². The molecule has 1 atom stereocenters. The summed E-state index contributed by atoms with van der Waals surface area (Å²) in [6, 6.07) is 3.89. The normalized spacial score (nSPS) is 20.6. The van der Waals surface area contributed by atoms with Gasteiger partial charge in [-0.2, -0.15) is 13.2 Å². The summed E-state index contributed by atoms with van der Waals surface area (Å²) in [7, 11) is 0. The van der Waals surface area contributed by atoms with Gasteiger partial charge in [-0.1, -0.05) is 12.8 Å². The van der Waals surface area contributed by atoms with Crippen LogP contribution in [0.2, 0.25) is 0 Å². The highest BCUT2D eigenvalue weighted by atomic mass is 19.4. The number of imidazole rings is 1. The number of rotatable bonds is 4. The van der Waals surface area contributed by atoms with Crippen molar-refractivity contribution in [3.8, 4) is 0 Å². The summed E-state index contributed by atoms with van der Waals surface area (Å²) in [6.07, 6.45) is 4.44. The van der Waals surface area contributed by atoms with Crippen LogP contribution in [0.4, 0.5) is 13.2 Å². The third kappa shape index (κ3) is 4.16. The number of alkyl halides is 3. The second kappa shape index (κ2) is 6.78. The van der Waals surface area contributed by atoms with Crippen molar-refractivity contribution in [3.05, 3.63) is 42.4 Å². The minimum Gasteiger partial charge on any atom is -0.468 e. The number of aromatic nitrogens is 2. The lowest BCUT2D eigenvalue weighted by Crippen LogP contribution is -2.30. The Bertz CT molecular complexity index is 606. The average Bonchev–Trinajstić information content (AvgIpc) is 3.08. The number of hydrogen-bond donors (Lipinski definition) is 0. The van der Waals surface area contributed by atoms with Gasteiger partial charge in [0, 0.05) is 12.4 Å². The van der Waals surface area contributed by atoms with Gasteiger partial charge in [-0.25, -0.2) is 4.98 Å². The van der Waals surface area contributed by atoms with E-state index < -0.39 is 12.7 Å². The maximum absolute atomic E-state index is 12.7. The van der Waals surface area contributed by atoms with Crippen LogP contribution in [0.3, 0.4) is 0 Å². The van der Waals surface area contributed by atoms with Gasteiger partial charge in [-0.3, -0.25) is 4.90 Å². The summed E-state index contributed by atoms with van der Waals surface area (Å²) in [5.74, 6) is 1.32. The zero-order valence-electron chi connectivity index (χ0n) is 12.8. The molecule has 0 bridgehead atoms. The molecule has 3 heterocycles. The molecule has 0 radical (unpaired) electrons. The monoisotopic (exact) mass is 327 g/mol. The van der Waals surface area contributed by atoms with Crippen molar-refractivity contribution >= 4 is 0 Å². The van der Waals surface area contributed by atoms with Gasteiger partial charge in [0.1, 0.15) is 18.1 Å². The standard InChI is InChI=1S/C16H20F3N3O/c17-16(18,19)12-22-9-7-20-15(22)11-21-8-3-1-2-5-13(21)14-6-4-10-23-14/h4,6-7,9-10,13H,1-3,5,8,11-12H2. The summed E-state index contributed by atoms with van der Waals surface area (Å²) < 4.78 is 44.7. The Hall–Kier alpha value is -1.76. The Kier molecular flexibility index (Phi) is 4.75. The zero-order chi connectivity index (χ0) is 16.3. The number of furan rings is 1. The molecule has 0 aliphatic carbocycles. The highest BCUT2D eigenvalue weighted by molar-refractivity contribution is 5.06. The summed E-state index contributed by atoms with van der Waals surface area (Å²) >= 11 is 0. The predicted molar refractivity (Wildman–Crippen MR) is 78.6 cm³/mol. The largest absolute Gasteiger partial charge is 0.468 e. The van der Waals surface area contributed by atoms with E-state index in [2.05, 4.69) is 9.88 Å². The van der Waals surface area contributed by atoms with Crippen LogP contribution in [0, 0.1) is 0 Å². The Balaban J connectivity index is 1.78. The molecule has 0 spiro atoms. The van der Waals surface area contributed by atoms with Gasteiger partial charge in [-0.15, -0.1) is 0 Å². The Morgan fingerprint density at radius 3 is 2.87 bits per heavy atom. The first-order valence-corrected chi connectivity index (χ1v) is 7.87. The zero-order valence-corrected chi connectivity index (χ0v) is 12.8. The molecule has 1 saturated heterocycles. The Morgan fingerprint density at radius 1 is 1.26 bits per heavy atom. The lowest BCUT2D eigenvalue weighted by Gasteiger charge is -2.28. The Morgan fingerprint density at radius 2 is 2.13 bits per heavy atom. The molecule has 7 heteroatoms. The van der Waals surface area contributed by atoms with Gasteiger partial charge in [0.2, 0.25) is 0 Å². The number of halogens is 3. The van der Waals surface area contributed by atoms with E-state index in [1.54, 1.807) is 6.26 Å². The van der Waals surface area contributed by atoms with E-state index in [0.717, 1.165) is 38.0 Å². The minimum absolute atomic E-state index is 0.100. The average molecular weight is 327 g/mol. The number of likely N-dealkylation sites (tertiary alicyclic amines) is 1. The lowest BCUT2D eigenvalue weighted by atomic mass is 10.1. The second-order valence-electron chi connectivity index (χ2n) is 5.94. The quantitative estimate of drug-likeness (QED) is 0.846. The van der Waals surface area contributed by atoms with Gasteiger partial charge in [0.25, 0.3) is 0 Å². The number of nitrogens with zero attached hydrogens (tertiary/aromatic N) is 3. The molecule has 1 fully saturated rings. The van der Waals surface area contributed by atoms with Crippen LogP contribution in [0.15, 0.2) is 35.2 Å². The molecule has 3 rings (SSSR count). The first-order valence-electron chi connectivity index (χ1n) is 7.87. The van der Waals surface area contributed by atoms with Crippen LogP contribution in [-0.4, -0.2) is 27.2 Å². The predicted octanol–water partition coefficient (Wildman–Crippen LogP) is 4.16. The molecule has 0 amide bonds.